The number of amides is 1. The van der Waals surface area contributed by atoms with Gasteiger partial charge in [0.15, 0.2) is 0 Å². The molecule has 4 rings (SSSR count). The third-order valence-electron chi connectivity index (χ3n) is 5.73. The fraction of sp³-hybridized carbons (Fsp3) is 0.280. The second-order valence-electron chi connectivity index (χ2n) is 7.71. The zero-order valence-electron chi connectivity index (χ0n) is 17.3. The zero-order chi connectivity index (χ0) is 20.9. The van der Waals surface area contributed by atoms with Crippen LogP contribution in [0.25, 0.3) is 0 Å². The van der Waals surface area contributed by atoms with Gasteiger partial charge < -0.3 is 15.4 Å². The smallest absolute Gasteiger partial charge is 0.253 e. The van der Waals surface area contributed by atoms with E-state index >= 15 is 0 Å². The number of hydrogen-bond acceptors (Lipinski definition) is 4. The zero-order valence-corrected chi connectivity index (χ0v) is 17.3. The maximum absolute atomic E-state index is 12.9. The van der Waals surface area contributed by atoms with Gasteiger partial charge in [0.05, 0.1) is 0 Å². The van der Waals surface area contributed by atoms with Gasteiger partial charge >= 0.3 is 0 Å². The summed E-state index contributed by atoms with van der Waals surface area (Å²) >= 11 is 0. The molecular formula is C25H27N3O2. The summed E-state index contributed by atoms with van der Waals surface area (Å²) < 4.78 is 5.89. The molecule has 0 spiro atoms. The maximum atomic E-state index is 12.9. The predicted octanol–water partition coefficient (Wildman–Crippen LogP) is 5.04. The van der Waals surface area contributed by atoms with Crippen LogP contribution in [-0.2, 0) is 6.42 Å². The largest absolute Gasteiger partial charge is 0.457 e. The van der Waals surface area contributed by atoms with Crippen molar-refractivity contribution in [2.45, 2.75) is 32.1 Å². The number of aromatic nitrogens is 1. The summed E-state index contributed by atoms with van der Waals surface area (Å²) in [5.74, 6) is 2.56. The lowest BCUT2D eigenvalue weighted by molar-refractivity contribution is 0.0713. The molecule has 1 aliphatic heterocycles. The summed E-state index contributed by atoms with van der Waals surface area (Å²) in [7, 11) is 0. The fourth-order valence-corrected chi connectivity index (χ4v) is 3.85. The van der Waals surface area contributed by atoms with Crippen molar-refractivity contribution in [2.75, 3.05) is 18.8 Å². The van der Waals surface area contributed by atoms with E-state index in [2.05, 4.69) is 24.0 Å². The van der Waals surface area contributed by atoms with E-state index in [-0.39, 0.29) is 5.91 Å². The second kappa shape index (κ2) is 8.99. The van der Waals surface area contributed by atoms with Crippen LogP contribution in [0.5, 0.6) is 11.5 Å². The monoisotopic (exact) mass is 401 g/mol. The van der Waals surface area contributed by atoms with E-state index in [0.717, 1.165) is 43.9 Å². The van der Waals surface area contributed by atoms with Gasteiger partial charge in [0, 0.05) is 24.8 Å². The summed E-state index contributed by atoms with van der Waals surface area (Å²) in [6.07, 6.45) is 4.73. The summed E-state index contributed by atoms with van der Waals surface area (Å²) in [6.45, 7) is 3.62. The Bertz CT molecular complexity index is 974. The first kappa shape index (κ1) is 20.0. The number of rotatable bonds is 5. The van der Waals surface area contributed by atoms with Crippen molar-refractivity contribution < 1.29 is 9.53 Å². The number of piperidine rings is 1. The number of nitrogens with two attached hydrogens (primary N) is 1. The van der Waals surface area contributed by atoms with Crippen LogP contribution in [0.15, 0.2) is 66.9 Å². The van der Waals surface area contributed by atoms with Crippen molar-refractivity contribution >= 4 is 11.7 Å². The lowest BCUT2D eigenvalue weighted by atomic mass is 9.90. The van der Waals surface area contributed by atoms with Gasteiger partial charge in [-0.25, -0.2) is 4.98 Å². The van der Waals surface area contributed by atoms with Gasteiger partial charge in [-0.2, -0.15) is 0 Å². The van der Waals surface area contributed by atoms with E-state index < -0.39 is 0 Å². The molecular weight excluding hydrogens is 374 g/mol. The SMILES string of the molecule is CCc1ccc(Oc2ccc(C(=O)N3CCC(c4ccc(N)nc4)CC3)cc2)cc1. The molecule has 2 heterocycles. The van der Waals surface area contributed by atoms with Crippen LogP contribution in [0.4, 0.5) is 5.82 Å². The number of likely N-dealkylation sites (tertiary alicyclic amines) is 1. The number of carbonyl (C=O) groups is 1. The highest BCUT2D eigenvalue weighted by atomic mass is 16.5. The number of pyridine rings is 1. The molecule has 154 valence electrons. The average molecular weight is 402 g/mol. The Hall–Kier alpha value is -3.34. The topological polar surface area (TPSA) is 68.5 Å². The van der Waals surface area contributed by atoms with Gasteiger partial charge in [-0.15, -0.1) is 0 Å². The molecule has 0 saturated carbocycles. The van der Waals surface area contributed by atoms with Gasteiger partial charge in [-0.05, 0) is 78.8 Å². The third-order valence-corrected chi connectivity index (χ3v) is 5.73. The predicted molar refractivity (Wildman–Crippen MR) is 119 cm³/mol. The first-order chi connectivity index (χ1) is 14.6. The van der Waals surface area contributed by atoms with Crippen LogP contribution in [0.3, 0.4) is 0 Å². The van der Waals surface area contributed by atoms with E-state index in [4.69, 9.17) is 10.5 Å². The Labute approximate surface area is 177 Å². The van der Waals surface area contributed by atoms with Crippen molar-refractivity contribution in [3.05, 3.63) is 83.6 Å². The molecule has 1 saturated heterocycles. The Morgan fingerprint density at radius 1 is 1.00 bits per heavy atom. The Balaban J connectivity index is 1.34. The van der Waals surface area contributed by atoms with Crippen LogP contribution < -0.4 is 10.5 Å². The number of hydrogen-bond donors (Lipinski definition) is 1. The molecule has 0 atom stereocenters. The highest BCUT2D eigenvalue weighted by Crippen LogP contribution is 2.29. The van der Waals surface area contributed by atoms with Crippen molar-refractivity contribution in [1.29, 1.82) is 0 Å². The molecule has 0 unspecified atom stereocenters. The van der Waals surface area contributed by atoms with Crippen LogP contribution in [0, 0.1) is 0 Å². The van der Waals surface area contributed by atoms with Gasteiger partial charge in [0.25, 0.3) is 5.91 Å². The van der Waals surface area contributed by atoms with Gasteiger partial charge in [-0.3, -0.25) is 4.79 Å². The Kier molecular flexibility index (Phi) is 5.98. The standard InChI is InChI=1S/C25H27N3O2/c1-2-18-3-8-22(9-4-18)30-23-10-5-20(6-11-23)25(29)28-15-13-19(14-16-28)21-7-12-24(26)27-17-21/h3-12,17,19H,2,13-16H2,1H3,(H2,26,27). The summed E-state index contributed by atoms with van der Waals surface area (Å²) in [6, 6.07) is 19.4. The summed E-state index contributed by atoms with van der Waals surface area (Å²) in [5.41, 5.74) is 8.84. The van der Waals surface area contributed by atoms with Crippen LogP contribution >= 0.6 is 0 Å². The van der Waals surface area contributed by atoms with Crippen LogP contribution in [0.2, 0.25) is 0 Å². The van der Waals surface area contributed by atoms with E-state index in [1.165, 1.54) is 11.1 Å². The van der Waals surface area contributed by atoms with Crippen LogP contribution in [-0.4, -0.2) is 28.9 Å². The minimum atomic E-state index is 0.0720. The van der Waals surface area contributed by atoms with Crippen molar-refractivity contribution in [1.82, 2.24) is 9.88 Å². The molecule has 2 N–H and O–H groups in total. The fourth-order valence-electron chi connectivity index (χ4n) is 3.85. The minimum absolute atomic E-state index is 0.0720. The Morgan fingerprint density at radius 3 is 2.20 bits per heavy atom. The van der Waals surface area contributed by atoms with E-state index in [0.29, 0.717) is 17.3 Å². The van der Waals surface area contributed by atoms with Crippen LogP contribution in [0.1, 0.15) is 47.2 Å². The molecule has 5 nitrogen and oxygen atoms in total. The number of aryl methyl sites for hydroxylation is 1. The molecule has 5 heteroatoms. The number of benzene rings is 2. The van der Waals surface area contributed by atoms with Gasteiger partial charge in [0.1, 0.15) is 17.3 Å². The molecule has 1 amide bonds. The summed E-state index contributed by atoms with van der Waals surface area (Å²) in [4.78, 5) is 19.0. The molecule has 0 bridgehead atoms. The molecule has 3 aromatic rings. The van der Waals surface area contributed by atoms with Gasteiger partial charge in [-0.1, -0.05) is 25.1 Å². The lowest BCUT2D eigenvalue weighted by Crippen LogP contribution is -2.37. The number of carbonyl (C=O) groups excluding carboxylic acids is 1. The molecule has 1 aliphatic rings. The first-order valence-corrected chi connectivity index (χ1v) is 10.5. The maximum Gasteiger partial charge on any atom is 0.253 e. The highest BCUT2D eigenvalue weighted by Gasteiger charge is 2.24. The normalized spacial score (nSPS) is 14.5. The third kappa shape index (κ3) is 4.62. The second-order valence-corrected chi connectivity index (χ2v) is 7.71. The first-order valence-electron chi connectivity index (χ1n) is 10.5. The molecule has 1 aromatic heterocycles. The number of ether oxygens (including phenoxy) is 1. The molecule has 1 fully saturated rings. The minimum Gasteiger partial charge on any atom is -0.457 e. The number of nitrogens with zero attached hydrogens (tertiary/aromatic N) is 2. The molecule has 2 aromatic carbocycles. The van der Waals surface area contributed by atoms with E-state index in [1.807, 2.05) is 59.6 Å². The number of nitrogen functional groups attached to an aromatic ring is 1. The van der Waals surface area contributed by atoms with E-state index in [9.17, 15) is 4.79 Å². The summed E-state index contributed by atoms with van der Waals surface area (Å²) in [5, 5.41) is 0. The molecule has 0 radical (unpaired) electrons. The Morgan fingerprint density at radius 2 is 1.63 bits per heavy atom. The van der Waals surface area contributed by atoms with Crippen molar-refractivity contribution in [3.63, 3.8) is 0 Å². The molecule has 0 aliphatic carbocycles. The van der Waals surface area contributed by atoms with Gasteiger partial charge in [0.2, 0.25) is 0 Å². The van der Waals surface area contributed by atoms with Crippen molar-refractivity contribution in [2.24, 2.45) is 0 Å². The van der Waals surface area contributed by atoms with Crippen molar-refractivity contribution in [3.8, 4) is 11.5 Å². The number of anilines is 1. The van der Waals surface area contributed by atoms with E-state index in [1.54, 1.807) is 0 Å². The average Bonchev–Trinajstić information content (AvgIpc) is 2.80. The highest BCUT2D eigenvalue weighted by molar-refractivity contribution is 5.94. The lowest BCUT2D eigenvalue weighted by Gasteiger charge is -2.32. The quantitative estimate of drug-likeness (QED) is 0.650. The molecule has 30 heavy (non-hydrogen) atoms.